The number of aryl methyl sites for hydroxylation is 2. The van der Waals surface area contributed by atoms with E-state index in [0.717, 1.165) is 27.6 Å². The summed E-state index contributed by atoms with van der Waals surface area (Å²) in [5.41, 5.74) is 4.12. The summed E-state index contributed by atoms with van der Waals surface area (Å²) in [5, 5.41) is 17.9. The topological polar surface area (TPSA) is 104 Å². The van der Waals surface area contributed by atoms with Gasteiger partial charge >= 0.3 is 0 Å². The molecule has 1 aliphatic heterocycles. The number of benzene rings is 2. The summed E-state index contributed by atoms with van der Waals surface area (Å²) in [4.78, 5) is 32.6. The molecule has 0 saturated carbocycles. The van der Waals surface area contributed by atoms with Gasteiger partial charge in [-0.2, -0.15) is 15.0 Å². The monoisotopic (exact) mass is 478 g/mol. The lowest BCUT2D eigenvalue weighted by molar-refractivity contribution is -0.129. The third kappa shape index (κ3) is 4.09. The van der Waals surface area contributed by atoms with Gasteiger partial charge in [-0.1, -0.05) is 48.5 Å². The molecule has 8 nitrogen and oxygen atoms in total. The second kappa shape index (κ2) is 9.27. The molecule has 2 aromatic carbocycles. The van der Waals surface area contributed by atoms with Gasteiger partial charge in [-0.25, -0.2) is 4.98 Å². The molecule has 0 radical (unpaired) electrons. The summed E-state index contributed by atoms with van der Waals surface area (Å²) in [5.74, 6) is -0.162. The predicted octanol–water partition coefficient (Wildman–Crippen LogP) is 4.46. The molecule has 5 rings (SSSR count). The first kappa shape index (κ1) is 23.2. The second-order valence-electron chi connectivity index (χ2n) is 9.22. The number of pyridine rings is 1. The Morgan fingerprint density at radius 2 is 1.92 bits per heavy atom. The highest BCUT2D eigenvalue weighted by molar-refractivity contribution is 5.97. The van der Waals surface area contributed by atoms with E-state index in [1.807, 2.05) is 75.4 Å². The molecule has 2 unspecified atom stereocenters. The summed E-state index contributed by atoms with van der Waals surface area (Å²) in [6.45, 7) is 6.26. The number of nitriles is 1. The van der Waals surface area contributed by atoms with Gasteiger partial charge in [-0.05, 0) is 43.5 Å². The lowest BCUT2D eigenvalue weighted by Crippen LogP contribution is -2.31. The van der Waals surface area contributed by atoms with Crippen LogP contribution in [0.25, 0.3) is 16.7 Å². The van der Waals surface area contributed by atoms with Crippen molar-refractivity contribution in [3.8, 4) is 11.9 Å². The first-order valence-electron chi connectivity index (χ1n) is 11.9. The summed E-state index contributed by atoms with van der Waals surface area (Å²) >= 11 is 0. The molecule has 0 spiro atoms. The molecule has 3 heterocycles. The van der Waals surface area contributed by atoms with Crippen LogP contribution in [0.1, 0.15) is 41.6 Å². The van der Waals surface area contributed by atoms with Crippen LogP contribution in [0, 0.1) is 31.1 Å². The van der Waals surface area contributed by atoms with Gasteiger partial charge in [0.2, 0.25) is 11.8 Å². The molecule has 36 heavy (non-hydrogen) atoms. The van der Waals surface area contributed by atoms with Gasteiger partial charge in [0.15, 0.2) is 11.6 Å². The number of fused-ring (bicyclic) bond motifs is 1. The van der Waals surface area contributed by atoms with Gasteiger partial charge in [0.25, 0.3) is 0 Å². The molecule has 1 fully saturated rings. The van der Waals surface area contributed by atoms with Crippen LogP contribution in [-0.2, 0) is 9.59 Å². The number of para-hydroxylation sites is 1. The number of hydrogen-bond donors (Lipinski definition) is 1. The molecule has 4 aromatic rings. The largest absolute Gasteiger partial charge is 0.335 e. The normalized spacial score (nSPS) is 16.2. The molecule has 1 N–H and O–H groups in total. The van der Waals surface area contributed by atoms with Gasteiger partial charge in [0.1, 0.15) is 11.6 Å². The number of anilines is 1. The molecular weight excluding hydrogens is 452 g/mol. The maximum absolute atomic E-state index is 13.3. The molecule has 8 heteroatoms. The van der Waals surface area contributed by atoms with Crippen molar-refractivity contribution in [2.24, 2.45) is 5.92 Å². The number of aromatic nitrogens is 3. The third-order valence-corrected chi connectivity index (χ3v) is 6.86. The Balaban J connectivity index is 1.42. The molecule has 1 aliphatic rings. The van der Waals surface area contributed by atoms with Gasteiger partial charge in [-0.3, -0.25) is 9.59 Å². The Hall–Kier alpha value is -4.51. The third-order valence-electron chi connectivity index (χ3n) is 6.86. The highest BCUT2D eigenvalue weighted by Gasteiger charge is 2.37. The molecule has 0 aliphatic carbocycles. The predicted molar refractivity (Wildman–Crippen MR) is 136 cm³/mol. The van der Waals surface area contributed by atoms with Crippen LogP contribution >= 0.6 is 0 Å². The average Bonchev–Trinajstić information content (AvgIpc) is 3.48. The van der Waals surface area contributed by atoms with Crippen molar-refractivity contribution in [1.82, 2.24) is 19.7 Å². The van der Waals surface area contributed by atoms with Crippen LogP contribution in [0.15, 0.2) is 60.8 Å². The zero-order valence-electron chi connectivity index (χ0n) is 20.4. The van der Waals surface area contributed by atoms with E-state index >= 15 is 0 Å². The van der Waals surface area contributed by atoms with Crippen molar-refractivity contribution in [2.75, 3.05) is 11.9 Å². The van der Waals surface area contributed by atoms with E-state index in [9.17, 15) is 14.9 Å². The molecule has 2 aromatic heterocycles. The molecule has 0 bridgehead atoms. The Bertz CT molecular complexity index is 1520. The molecular formula is C28H26N6O2. The van der Waals surface area contributed by atoms with Crippen molar-refractivity contribution >= 4 is 28.5 Å². The van der Waals surface area contributed by atoms with E-state index in [0.29, 0.717) is 12.4 Å². The first-order chi connectivity index (χ1) is 17.4. The van der Waals surface area contributed by atoms with E-state index in [4.69, 9.17) is 4.98 Å². The summed E-state index contributed by atoms with van der Waals surface area (Å²) in [7, 11) is 0. The van der Waals surface area contributed by atoms with E-state index in [1.54, 1.807) is 4.90 Å². The lowest BCUT2D eigenvalue weighted by Gasteiger charge is -2.25. The van der Waals surface area contributed by atoms with Crippen LogP contribution in [0.5, 0.6) is 0 Å². The second-order valence-corrected chi connectivity index (χ2v) is 9.22. The number of amides is 2. The maximum Gasteiger partial charge on any atom is 0.230 e. The Morgan fingerprint density at radius 3 is 2.67 bits per heavy atom. The zero-order valence-corrected chi connectivity index (χ0v) is 20.4. The summed E-state index contributed by atoms with van der Waals surface area (Å²) < 4.78 is 1.48. The van der Waals surface area contributed by atoms with Gasteiger partial charge in [0.05, 0.1) is 23.7 Å². The van der Waals surface area contributed by atoms with Gasteiger partial charge in [-0.15, -0.1) is 0 Å². The van der Waals surface area contributed by atoms with Crippen molar-refractivity contribution in [2.45, 2.75) is 33.2 Å². The fourth-order valence-corrected chi connectivity index (χ4v) is 4.79. The van der Waals surface area contributed by atoms with Gasteiger partial charge < -0.3 is 10.2 Å². The minimum Gasteiger partial charge on any atom is -0.335 e. The highest BCUT2D eigenvalue weighted by atomic mass is 16.2. The highest BCUT2D eigenvalue weighted by Crippen LogP contribution is 2.30. The number of carbonyl (C=O) groups excluding carboxylic acids is 2. The van der Waals surface area contributed by atoms with Crippen molar-refractivity contribution in [3.63, 3.8) is 0 Å². The minimum absolute atomic E-state index is 0.0668. The van der Waals surface area contributed by atoms with E-state index in [2.05, 4.69) is 16.5 Å². The quantitative estimate of drug-likeness (QED) is 0.456. The van der Waals surface area contributed by atoms with E-state index < -0.39 is 5.92 Å². The van der Waals surface area contributed by atoms with Crippen LogP contribution in [0.3, 0.4) is 0 Å². The number of rotatable bonds is 5. The Morgan fingerprint density at radius 1 is 1.14 bits per heavy atom. The van der Waals surface area contributed by atoms with Crippen LogP contribution in [0.2, 0.25) is 0 Å². The summed E-state index contributed by atoms with van der Waals surface area (Å²) in [6, 6.07) is 19.6. The van der Waals surface area contributed by atoms with Gasteiger partial charge in [0, 0.05) is 18.4 Å². The molecule has 1 saturated heterocycles. The number of hydrogen-bond acceptors (Lipinski definition) is 5. The van der Waals surface area contributed by atoms with Crippen molar-refractivity contribution < 1.29 is 9.59 Å². The van der Waals surface area contributed by atoms with Crippen LogP contribution < -0.4 is 5.32 Å². The minimum atomic E-state index is -0.535. The maximum atomic E-state index is 13.3. The molecule has 2 amide bonds. The first-order valence-corrected chi connectivity index (χ1v) is 11.9. The zero-order chi connectivity index (χ0) is 25.4. The van der Waals surface area contributed by atoms with Crippen LogP contribution in [-0.4, -0.2) is 38.0 Å². The number of likely N-dealkylation sites (tertiary alicyclic amines) is 1. The Labute approximate surface area is 209 Å². The lowest BCUT2D eigenvalue weighted by atomic mass is 10.1. The standard InChI is InChI=1S/C28H26N6O2/c1-17-8-7-11-23-18(2)12-24(31-26(17)23)34-27(22(14-29)15-30-34)32-28(36)21-13-25(35)33(16-21)19(3)20-9-5-4-6-10-20/h4-12,15,19,21H,13,16H2,1-3H3,(H,32,36). The van der Waals surface area contributed by atoms with Crippen molar-refractivity contribution in [3.05, 3.63) is 83.0 Å². The molecule has 180 valence electrons. The van der Waals surface area contributed by atoms with E-state index in [-0.39, 0.29) is 35.7 Å². The smallest absolute Gasteiger partial charge is 0.230 e. The number of carbonyl (C=O) groups is 2. The van der Waals surface area contributed by atoms with Crippen molar-refractivity contribution in [1.29, 1.82) is 5.26 Å². The fraction of sp³-hybridized carbons (Fsp3) is 0.250. The Kier molecular flexibility index (Phi) is 5.98. The van der Waals surface area contributed by atoms with Crippen LogP contribution in [0.4, 0.5) is 5.82 Å². The average molecular weight is 479 g/mol. The van der Waals surface area contributed by atoms with E-state index in [1.165, 1.54) is 10.9 Å². The number of nitrogens with zero attached hydrogens (tertiary/aromatic N) is 5. The fourth-order valence-electron chi connectivity index (χ4n) is 4.79. The number of nitrogens with one attached hydrogen (secondary N) is 1. The SMILES string of the molecule is Cc1cc(-n2ncc(C#N)c2NC(=O)C2CC(=O)N(C(C)c3ccccc3)C2)nc2c(C)cccc12. The summed E-state index contributed by atoms with van der Waals surface area (Å²) in [6.07, 6.45) is 1.53. The molecule has 2 atom stereocenters.